The summed E-state index contributed by atoms with van der Waals surface area (Å²) in [6.45, 7) is 7.83. The molecule has 0 unspecified atom stereocenters. The van der Waals surface area contributed by atoms with Gasteiger partial charge in [0.15, 0.2) is 0 Å². The van der Waals surface area contributed by atoms with E-state index >= 15 is 0 Å². The minimum absolute atomic E-state index is 0.128. The van der Waals surface area contributed by atoms with Crippen LogP contribution in [0.15, 0.2) is 59.8 Å². The number of hydrogen-bond donors (Lipinski definition) is 1. The third-order valence-corrected chi connectivity index (χ3v) is 4.69. The Morgan fingerprint density at radius 2 is 1.86 bits per heavy atom. The lowest BCUT2D eigenvalue weighted by atomic mass is 9.87. The van der Waals surface area contributed by atoms with Gasteiger partial charge in [0.2, 0.25) is 0 Å². The monoisotopic (exact) mass is 393 g/mol. The molecule has 0 radical (unpaired) electrons. The Kier molecular flexibility index (Phi) is 6.22. The molecule has 0 spiro atoms. The number of carbonyl (C=O) groups excluding carboxylic acids is 1. The molecule has 0 bridgehead atoms. The Balaban J connectivity index is 1.68. The maximum absolute atomic E-state index is 11.2. The summed E-state index contributed by atoms with van der Waals surface area (Å²) in [4.78, 5) is 11.2. The number of amides is 1. The van der Waals surface area contributed by atoms with Crippen molar-refractivity contribution in [1.29, 1.82) is 0 Å². The van der Waals surface area contributed by atoms with Crippen molar-refractivity contribution in [3.05, 3.63) is 65.9 Å². The van der Waals surface area contributed by atoms with Gasteiger partial charge in [-0.2, -0.15) is 5.10 Å². The summed E-state index contributed by atoms with van der Waals surface area (Å²) in [5, 5.41) is 4.99. The van der Waals surface area contributed by atoms with E-state index in [-0.39, 0.29) is 5.41 Å². The predicted molar refractivity (Wildman–Crippen MR) is 116 cm³/mol. The standard InChI is InChI=1S/C23H27N3O3/c1-23(2,3)18-9-11-19(12-10-18)29-14-13-26-16-17(15-24-25-22(27)28-4)20-7-5-6-8-21(20)26/h5-12,15-16H,13-14H2,1-4H3,(H,25,27). The number of benzene rings is 2. The molecule has 0 saturated carbocycles. The van der Waals surface area contributed by atoms with Gasteiger partial charge in [0, 0.05) is 22.7 Å². The van der Waals surface area contributed by atoms with E-state index in [1.165, 1.54) is 12.7 Å². The minimum Gasteiger partial charge on any atom is -0.492 e. The number of nitrogens with zero attached hydrogens (tertiary/aromatic N) is 2. The van der Waals surface area contributed by atoms with E-state index < -0.39 is 6.09 Å². The van der Waals surface area contributed by atoms with Crippen molar-refractivity contribution < 1.29 is 14.3 Å². The Labute approximate surface area is 171 Å². The summed E-state index contributed by atoms with van der Waals surface area (Å²) in [7, 11) is 1.30. The van der Waals surface area contributed by atoms with Crippen LogP contribution in [0, 0.1) is 0 Å². The summed E-state index contributed by atoms with van der Waals surface area (Å²) < 4.78 is 12.6. The van der Waals surface area contributed by atoms with Gasteiger partial charge in [-0.05, 0) is 29.2 Å². The van der Waals surface area contributed by atoms with Gasteiger partial charge < -0.3 is 14.0 Å². The summed E-state index contributed by atoms with van der Waals surface area (Å²) in [5.41, 5.74) is 5.71. The van der Waals surface area contributed by atoms with Crippen molar-refractivity contribution in [2.24, 2.45) is 5.10 Å². The second-order valence-corrected chi connectivity index (χ2v) is 7.78. The van der Waals surface area contributed by atoms with Gasteiger partial charge in [-0.1, -0.05) is 51.1 Å². The molecule has 1 N–H and O–H groups in total. The average Bonchev–Trinajstić information content (AvgIpc) is 3.05. The highest BCUT2D eigenvalue weighted by atomic mass is 16.5. The number of aromatic nitrogens is 1. The van der Waals surface area contributed by atoms with E-state index in [1.54, 1.807) is 6.21 Å². The molecule has 0 aliphatic heterocycles. The van der Waals surface area contributed by atoms with Crippen LogP contribution in [-0.2, 0) is 16.7 Å². The normalized spacial score (nSPS) is 11.7. The van der Waals surface area contributed by atoms with E-state index in [2.05, 4.69) is 58.8 Å². The van der Waals surface area contributed by atoms with Crippen molar-refractivity contribution in [1.82, 2.24) is 9.99 Å². The smallest absolute Gasteiger partial charge is 0.427 e. The van der Waals surface area contributed by atoms with Crippen LogP contribution in [-0.4, -0.2) is 30.6 Å². The lowest BCUT2D eigenvalue weighted by Gasteiger charge is -2.19. The van der Waals surface area contributed by atoms with Gasteiger partial charge in [0.05, 0.1) is 19.9 Å². The van der Waals surface area contributed by atoms with Gasteiger partial charge in [0.1, 0.15) is 12.4 Å². The summed E-state index contributed by atoms with van der Waals surface area (Å²) >= 11 is 0. The van der Waals surface area contributed by atoms with Crippen molar-refractivity contribution >= 4 is 23.2 Å². The molecule has 3 rings (SSSR count). The molecule has 1 amide bonds. The molecule has 3 aromatic rings. The fourth-order valence-corrected chi connectivity index (χ4v) is 3.08. The summed E-state index contributed by atoms with van der Waals surface area (Å²) in [6.07, 6.45) is 3.01. The molecule has 1 aromatic heterocycles. The SMILES string of the molecule is COC(=O)NN=Cc1cn(CCOc2ccc(C(C)(C)C)cc2)c2ccccc12. The van der Waals surface area contributed by atoms with Gasteiger partial charge in [0.25, 0.3) is 0 Å². The van der Waals surface area contributed by atoms with Gasteiger partial charge in [-0.3, -0.25) is 0 Å². The van der Waals surface area contributed by atoms with Gasteiger partial charge in [-0.15, -0.1) is 0 Å². The Morgan fingerprint density at radius 3 is 2.55 bits per heavy atom. The zero-order valence-electron chi connectivity index (χ0n) is 17.3. The van der Waals surface area contributed by atoms with E-state index in [0.717, 1.165) is 22.2 Å². The third-order valence-electron chi connectivity index (χ3n) is 4.69. The van der Waals surface area contributed by atoms with Crippen molar-refractivity contribution in [2.45, 2.75) is 32.7 Å². The van der Waals surface area contributed by atoms with Gasteiger partial charge >= 0.3 is 6.09 Å². The van der Waals surface area contributed by atoms with Gasteiger partial charge in [-0.25, -0.2) is 10.2 Å². The number of hydrazone groups is 1. The van der Waals surface area contributed by atoms with Crippen LogP contribution in [0.3, 0.4) is 0 Å². The average molecular weight is 393 g/mol. The molecule has 0 aliphatic rings. The zero-order valence-corrected chi connectivity index (χ0v) is 17.3. The number of fused-ring (bicyclic) bond motifs is 1. The van der Waals surface area contributed by atoms with Crippen LogP contribution >= 0.6 is 0 Å². The Morgan fingerprint density at radius 1 is 1.14 bits per heavy atom. The zero-order chi connectivity index (χ0) is 20.9. The molecular weight excluding hydrogens is 366 g/mol. The molecule has 2 aromatic carbocycles. The molecule has 0 atom stereocenters. The van der Waals surface area contributed by atoms with E-state index in [9.17, 15) is 4.79 Å². The van der Waals surface area contributed by atoms with Crippen LogP contribution in [0.2, 0.25) is 0 Å². The molecule has 0 saturated heterocycles. The largest absolute Gasteiger partial charge is 0.492 e. The molecule has 6 nitrogen and oxygen atoms in total. The topological polar surface area (TPSA) is 64.8 Å². The molecule has 29 heavy (non-hydrogen) atoms. The summed E-state index contributed by atoms with van der Waals surface area (Å²) in [6, 6.07) is 16.3. The molecule has 152 valence electrons. The highest BCUT2D eigenvalue weighted by molar-refractivity contribution is 5.99. The number of rotatable bonds is 6. The lowest BCUT2D eigenvalue weighted by Crippen LogP contribution is -2.16. The van der Waals surface area contributed by atoms with E-state index in [0.29, 0.717) is 13.2 Å². The van der Waals surface area contributed by atoms with Crippen molar-refractivity contribution in [2.75, 3.05) is 13.7 Å². The third kappa shape index (κ3) is 5.16. The van der Waals surface area contributed by atoms with E-state index in [1.807, 2.05) is 36.5 Å². The van der Waals surface area contributed by atoms with E-state index in [4.69, 9.17) is 4.74 Å². The second-order valence-electron chi connectivity index (χ2n) is 7.78. The number of carbonyl (C=O) groups is 1. The minimum atomic E-state index is -0.601. The Hall–Kier alpha value is -3.28. The van der Waals surface area contributed by atoms with Crippen LogP contribution in [0.1, 0.15) is 31.9 Å². The first kappa shape index (κ1) is 20.5. The fourth-order valence-electron chi connectivity index (χ4n) is 3.08. The number of nitrogens with one attached hydrogen (secondary N) is 1. The van der Waals surface area contributed by atoms with Crippen LogP contribution < -0.4 is 10.2 Å². The molecular formula is C23H27N3O3. The first-order chi connectivity index (χ1) is 13.9. The maximum Gasteiger partial charge on any atom is 0.427 e. The predicted octanol–water partition coefficient (Wildman–Crippen LogP) is 4.71. The number of ether oxygens (including phenoxy) is 2. The highest BCUT2D eigenvalue weighted by Crippen LogP contribution is 2.24. The van der Waals surface area contributed by atoms with Crippen molar-refractivity contribution in [3.8, 4) is 5.75 Å². The Bertz CT molecular complexity index is 998. The maximum atomic E-state index is 11.2. The molecule has 1 heterocycles. The second kappa shape index (κ2) is 8.82. The first-order valence-electron chi connectivity index (χ1n) is 9.57. The number of hydrogen-bond acceptors (Lipinski definition) is 4. The quantitative estimate of drug-likeness (QED) is 0.487. The summed E-state index contributed by atoms with van der Waals surface area (Å²) in [5.74, 6) is 0.860. The molecule has 0 aliphatic carbocycles. The lowest BCUT2D eigenvalue weighted by molar-refractivity contribution is 0.171. The fraction of sp³-hybridized carbons (Fsp3) is 0.304. The number of methoxy groups -OCH3 is 1. The number of para-hydroxylation sites is 1. The molecule has 6 heteroatoms. The van der Waals surface area contributed by atoms with Crippen LogP contribution in [0.5, 0.6) is 5.75 Å². The molecule has 0 fully saturated rings. The first-order valence-corrected chi connectivity index (χ1v) is 9.57. The van der Waals surface area contributed by atoms with Crippen molar-refractivity contribution in [3.63, 3.8) is 0 Å². The van der Waals surface area contributed by atoms with Crippen LogP contribution in [0.4, 0.5) is 4.79 Å². The highest BCUT2D eigenvalue weighted by Gasteiger charge is 2.13. The van der Waals surface area contributed by atoms with Crippen LogP contribution in [0.25, 0.3) is 10.9 Å².